The molecule has 2 rings (SSSR count). The summed E-state index contributed by atoms with van der Waals surface area (Å²) in [5.41, 5.74) is 7.41. The molecule has 2 aromatic rings. The summed E-state index contributed by atoms with van der Waals surface area (Å²) in [7, 11) is 0. The maximum atomic E-state index is 6.22. The first kappa shape index (κ1) is 15.0. The lowest BCUT2D eigenvalue weighted by Gasteiger charge is -2.13. The Kier molecular flexibility index (Phi) is 5.15. The van der Waals surface area contributed by atoms with E-state index in [1.807, 2.05) is 28.9 Å². The van der Waals surface area contributed by atoms with Crippen LogP contribution in [-0.4, -0.2) is 20.8 Å². The molecule has 0 fully saturated rings. The molecular formula is C15H21ClN4. The normalized spacial score (nSPS) is 12.8. The molecular weight excluding hydrogens is 272 g/mol. The van der Waals surface area contributed by atoms with Crippen LogP contribution in [0.2, 0.25) is 5.02 Å². The van der Waals surface area contributed by atoms with E-state index in [0.717, 1.165) is 30.2 Å². The number of halogens is 1. The first-order chi connectivity index (χ1) is 9.54. The number of hydrogen-bond acceptors (Lipinski definition) is 3. The predicted octanol–water partition coefficient (Wildman–Crippen LogP) is 2.70. The third-order valence-electron chi connectivity index (χ3n) is 3.09. The summed E-state index contributed by atoms with van der Waals surface area (Å²) >= 11 is 5.88. The van der Waals surface area contributed by atoms with Gasteiger partial charge in [-0.05, 0) is 30.0 Å². The molecule has 0 amide bonds. The molecule has 0 aliphatic carbocycles. The van der Waals surface area contributed by atoms with Crippen molar-refractivity contribution in [3.8, 4) is 0 Å². The molecule has 1 atom stereocenters. The van der Waals surface area contributed by atoms with Gasteiger partial charge in [-0.1, -0.05) is 37.6 Å². The van der Waals surface area contributed by atoms with Gasteiger partial charge in [-0.3, -0.25) is 0 Å². The van der Waals surface area contributed by atoms with Crippen molar-refractivity contribution < 1.29 is 0 Å². The maximum Gasteiger partial charge on any atom is 0.138 e. The Morgan fingerprint density at radius 3 is 2.55 bits per heavy atom. The fourth-order valence-electron chi connectivity index (χ4n) is 2.17. The third kappa shape index (κ3) is 4.32. The SMILES string of the molecule is CC(C)Cn1ncnc1CC(N)Cc1ccc(Cl)cc1. The Hall–Kier alpha value is -1.39. The van der Waals surface area contributed by atoms with Crippen molar-refractivity contribution in [3.05, 3.63) is 47.0 Å². The minimum Gasteiger partial charge on any atom is -0.327 e. The molecule has 0 saturated carbocycles. The third-order valence-corrected chi connectivity index (χ3v) is 3.34. The van der Waals surface area contributed by atoms with E-state index in [0.29, 0.717) is 5.92 Å². The molecule has 0 spiro atoms. The fraction of sp³-hybridized carbons (Fsp3) is 0.467. The highest BCUT2D eigenvalue weighted by Crippen LogP contribution is 2.12. The first-order valence-corrected chi connectivity index (χ1v) is 7.29. The van der Waals surface area contributed by atoms with E-state index < -0.39 is 0 Å². The lowest BCUT2D eigenvalue weighted by molar-refractivity contribution is 0.457. The van der Waals surface area contributed by atoms with Gasteiger partial charge in [-0.2, -0.15) is 5.10 Å². The van der Waals surface area contributed by atoms with Gasteiger partial charge in [0.1, 0.15) is 12.2 Å². The molecule has 1 unspecified atom stereocenters. The van der Waals surface area contributed by atoms with Crippen LogP contribution in [0, 0.1) is 5.92 Å². The summed E-state index contributed by atoms with van der Waals surface area (Å²) in [5.74, 6) is 1.50. The number of rotatable bonds is 6. The molecule has 4 nitrogen and oxygen atoms in total. The van der Waals surface area contributed by atoms with Crippen molar-refractivity contribution in [1.29, 1.82) is 0 Å². The molecule has 1 heterocycles. The van der Waals surface area contributed by atoms with E-state index in [2.05, 4.69) is 23.9 Å². The van der Waals surface area contributed by atoms with Crippen molar-refractivity contribution in [2.45, 2.75) is 39.3 Å². The van der Waals surface area contributed by atoms with Crippen molar-refractivity contribution >= 4 is 11.6 Å². The van der Waals surface area contributed by atoms with Crippen molar-refractivity contribution in [2.75, 3.05) is 0 Å². The fourth-order valence-corrected chi connectivity index (χ4v) is 2.30. The van der Waals surface area contributed by atoms with Gasteiger partial charge in [0.2, 0.25) is 0 Å². The minimum absolute atomic E-state index is 0.0336. The molecule has 20 heavy (non-hydrogen) atoms. The van der Waals surface area contributed by atoms with Crippen molar-refractivity contribution in [1.82, 2.24) is 14.8 Å². The van der Waals surface area contributed by atoms with Crippen LogP contribution in [0.15, 0.2) is 30.6 Å². The summed E-state index contributed by atoms with van der Waals surface area (Å²) < 4.78 is 1.95. The van der Waals surface area contributed by atoms with E-state index in [1.165, 1.54) is 5.56 Å². The van der Waals surface area contributed by atoms with Crippen LogP contribution in [0.4, 0.5) is 0 Å². The number of nitrogens with zero attached hydrogens (tertiary/aromatic N) is 3. The van der Waals surface area contributed by atoms with Gasteiger partial charge in [-0.15, -0.1) is 0 Å². The van der Waals surface area contributed by atoms with Crippen LogP contribution in [0.1, 0.15) is 25.2 Å². The molecule has 1 aromatic heterocycles. The van der Waals surface area contributed by atoms with Crippen LogP contribution in [-0.2, 0) is 19.4 Å². The lowest BCUT2D eigenvalue weighted by atomic mass is 10.0. The zero-order chi connectivity index (χ0) is 14.5. The molecule has 5 heteroatoms. The van der Waals surface area contributed by atoms with Gasteiger partial charge in [0.25, 0.3) is 0 Å². The van der Waals surface area contributed by atoms with E-state index in [-0.39, 0.29) is 6.04 Å². The average molecular weight is 293 g/mol. The van der Waals surface area contributed by atoms with E-state index in [1.54, 1.807) is 6.33 Å². The second-order valence-electron chi connectivity index (χ2n) is 5.55. The quantitative estimate of drug-likeness (QED) is 0.890. The zero-order valence-corrected chi connectivity index (χ0v) is 12.7. The summed E-state index contributed by atoms with van der Waals surface area (Å²) in [4.78, 5) is 4.32. The predicted molar refractivity (Wildman–Crippen MR) is 81.7 cm³/mol. The Balaban J connectivity index is 1.96. The molecule has 0 aliphatic rings. The lowest BCUT2D eigenvalue weighted by Crippen LogP contribution is -2.27. The summed E-state index contributed by atoms with van der Waals surface area (Å²) in [6.45, 7) is 5.21. The summed E-state index contributed by atoms with van der Waals surface area (Å²) in [5, 5.41) is 5.01. The van der Waals surface area contributed by atoms with Gasteiger partial charge in [-0.25, -0.2) is 9.67 Å². The Labute approximate surface area is 125 Å². The highest BCUT2D eigenvalue weighted by atomic mass is 35.5. The summed E-state index contributed by atoms with van der Waals surface area (Å²) in [6.07, 6.45) is 3.15. The van der Waals surface area contributed by atoms with Gasteiger partial charge in [0.15, 0.2) is 0 Å². The molecule has 108 valence electrons. The van der Waals surface area contributed by atoms with Gasteiger partial charge in [0.05, 0.1) is 0 Å². The van der Waals surface area contributed by atoms with Crippen LogP contribution in [0.3, 0.4) is 0 Å². The Bertz CT molecular complexity index is 533. The maximum absolute atomic E-state index is 6.22. The van der Waals surface area contributed by atoms with Crippen molar-refractivity contribution in [3.63, 3.8) is 0 Å². The van der Waals surface area contributed by atoms with Crippen LogP contribution < -0.4 is 5.73 Å². The molecule has 0 aliphatic heterocycles. The highest BCUT2D eigenvalue weighted by Gasteiger charge is 2.11. The van der Waals surface area contributed by atoms with E-state index in [4.69, 9.17) is 17.3 Å². The minimum atomic E-state index is 0.0336. The van der Waals surface area contributed by atoms with Gasteiger partial charge >= 0.3 is 0 Å². The molecule has 2 N–H and O–H groups in total. The van der Waals surface area contributed by atoms with Gasteiger partial charge in [0, 0.05) is 24.0 Å². The topological polar surface area (TPSA) is 56.7 Å². The molecule has 1 aromatic carbocycles. The number of benzene rings is 1. The van der Waals surface area contributed by atoms with E-state index in [9.17, 15) is 0 Å². The second-order valence-corrected chi connectivity index (χ2v) is 5.98. The van der Waals surface area contributed by atoms with Crippen LogP contribution in [0.25, 0.3) is 0 Å². The number of hydrogen-bond donors (Lipinski definition) is 1. The monoisotopic (exact) mass is 292 g/mol. The van der Waals surface area contributed by atoms with Gasteiger partial charge < -0.3 is 5.73 Å². The largest absolute Gasteiger partial charge is 0.327 e. The Morgan fingerprint density at radius 1 is 1.20 bits per heavy atom. The molecule has 0 radical (unpaired) electrons. The number of aromatic nitrogens is 3. The average Bonchev–Trinajstić information content (AvgIpc) is 2.78. The highest BCUT2D eigenvalue weighted by molar-refractivity contribution is 6.30. The number of nitrogens with two attached hydrogens (primary N) is 1. The molecule has 0 saturated heterocycles. The van der Waals surface area contributed by atoms with E-state index >= 15 is 0 Å². The Morgan fingerprint density at radius 2 is 1.90 bits per heavy atom. The smallest absolute Gasteiger partial charge is 0.138 e. The standard InChI is InChI=1S/C15H21ClN4/c1-11(2)9-20-15(18-10-19-20)8-14(17)7-12-3-5-13(16)6-4-12/h3-6,10-11,14H,7-9,17H2,1-2H3. The van der Waals surface area contributed by atoms with Crippen LogP contribution in [0.5, 0.6) is 0 Å². The zero-order valence-electron chi connectivity index (χ0n) is 12.0. The van der Waals surface area contributed by atoms with Crippen molar-refractivity contribution in [2.24, 2.45) is 11.7 Å². The first-order valence-electron chi connectivity index (χ1n) is 6.91. The summed E-state index contributed by atoms with van der Waals surface area (Å²) in [6, 6.07) is 7.85. The second kappa shape index (κ2) is 6.86. The van der Waals surface area contributed by atoms with Crippen LogP contribution >= 0.6 is 11.6 Å². The molecule has 0 bridgehead atoms.